The van der Waals surface area contributed by atoms with Gasteiger partial charge in [-0.3, -0.25) is 9.59 Å². The Hall–Kier alpha value is -2.27. The summed E-state index contributed by atoms with van der Waals surface area (Å²) >= 11 is 1.60. The summed E-state index contributed by atoms with van der Waals surface area (Å²) in [6.45, 7) is 8.51. The molecule has 4 nitrogen and oxygen atoms in total. The lowest BCUT2D eigenvalue weighted by molar-refractivity contribution is -0.139. The highest BCUT2D eigenvalue weighted by Gasteiger charge is 2.29. The predicted octanol–water partition coefficient (Wildman–Crippen LogP) is 4.95. The van der Waals surface area contributed by atoms with E-state index in [2.05, 4.69) is 30.4 Å². The maximum atomic E-state index is 13.2. The molecule has 0 radical (unpaired) electrons. The maximum absolute atomic E-state index is 13.2. The van der Waals surface area contributed by atoms with Crippen molar-refractivity contribution in [3.8, 4) is 0 Å². The third-order valence-corrected chi connectivity index (χ3v) is 6.15. The lowest BCUT2D eigenvalue weighted by atomic mass is 10.1. The molecule has 0 saturated heterocycles. The van der Waals surface area contributed by atoms with Gasteiger partial charge in [-0.2, -0.15) is 0 Å². The fourth-order valence-electron chi connectivity index (χ4n) is 3.28. The average molecular weight is 427 g/mol. The number of nitrogens with one attached hydrogen (secondary N) is 1. The van der Waals surface area contributed by atoms with E-state index in [0.29, 0.717) is 18.7 Å². The summed E-state index contributed by atoms with van der Waals surface area (Å²) < 4.78 is 0. The van der Waals surface area contributed by atoms with Gasteiger partial charge in [-0.1, -0.05) is 74.0 Å². The van der Waals surface area contributed by atoms with Gasteiger partial charge in [0.1, 0.15) is 6.04 Å². The smallest absolute Gasteiger partial charge is 0.243 e. The molecule has 0 aliphatic carbocycles. The van der Waals surface area contributed by atoms with Crippen LogP contribution in [0.3, 0.4) is 0 Å². The third kappa shape index (κ3) is 7.52. The molecule has 0 aliphatic heterocycles. The van der Waals surface area contributed by atoms with Crippen LogP contribution in [-0.4, -0.2) is 34.6 Å². The Kier molecular flexibility index (Phi) is 9.95. The molecule has 162 valence electrons. The van der Waals surface area contributed by atoms with E-state index >= 15 is 0 Å². The van der Waals surface area contributed by atoms with Gasteiger partial charge in [0.05, 0.1) is 5.75 Å². The molecule has 2 rings (SSSR count). The summed E-state index contributed by atoms with van der Waals surface area (Å²) in [6, 6.07) is 17.9. The summed E-state index contributed by atoms with van der Waals surface area (Å²) in [7, 11) is 0. The van der Waals surface area contributed by atoms with E-state index in [1.54, 1.807) is 16.7 Å². The second kappa shape index (κ2) is 12.4. The highest BCUT2D eigenvalue weighted by atomic mass is 32.2. The Morgan fingerprint density at radius 2 is 1.70 bits per heavy atom. The normalized spacial score (nSPS) is 12.8. The number of rotatable bonds is 11. The Labute approximate surface area is 185 Å². The molecule has 0 aromatic heterocycles. The minimum atomic E-state index is -0.466. The van der Waals surface area contributed by atoms with Crippen molar-refractivity contribution in [2.45, 2.75) is 64.9 Å². The van der Waals surface area contributed by atoms with E-state index in [1.807, 2.05) is 57.2 Å². The molecule has 30 heavy (non-hydrogen) atoms. The molecule has 0 saturated carbocycles. The molecule has 2 aromatic rings. The summed E-state index contributed by atoms with van der Waals surface area (Å²) in [5.41, 5.74) is 3.46. The molecule has 0 fully saturated rings. The van der Waals surface area contributed by atoms with Crippen molar-refractivity contribution in [2.75, 3.05) is 5.75 Å². The number of hydrogen-bond donors (Lipinski definition) is 1. The van der Waals surface area contributed by atoms with E-state index in [1.165, 1.54) is 11.1 Å². The van der Waals surface area contributed by atoms with E-state index in [4.69, 9.17) is 0 Å². The number of carbonyl (C=O) groups excluding carboxylic acids is 2. The molecule has 0 heterocycles. The summed E-state index contributed by atoms with van der Waals surface area (Å²) in [5.74, 6) is 1.07. The molecule has 0 aliphatic rings. The van der Waals surface area contributed by atoms with Gasteiger partial charge in [-0.15, -0.1) is 11.8 Å². The van der Waals surface area contributed by atoms with Crippen molar-refractivity contribution >= 4 is 23.6 Å². The molecule has 5 heteroatoms. The first-order chi connectivity index (χ1) is 14.4. The van der Waals surface area contributed by atoms with Crippen molar-refractivity contribution in [2.24, 2.45) is 0 Å². The van der Waals surface area contributed by atoms with Gasteiger partial charge < -0.3 is 10.2 Å². The molecule has 2 atom stereocenters. The Morgan fingerprint density at radius 3 is 2.33 bits per heavy atom. The second-order valence-electron chi connectivity index (χ2n) is 7.73. The van der Waals surface area contributed by atoms with Gasteiger partial charge in [0.15, 0.2) is 0 Å². The lowest BCUT2D eigenvalue weighted by Gasteiger charge is -2.31. The number of thioether (sulfide) groups is 1. The minimum absolute atomic E-state index is 0.00246. The van der Waals surface area contributed by atoms with Gasteiger partial charge in [0.25, 0.3) is 0 Å². The van der Waals surface area contributed by atoms with Crippen LogP contribution in [0.2, 0.25) is 0 Å². The molecular weight excluding hydrogens is 392 g/mol. The third-order valence-electron chi connectivity index (χ3n) is 5.16. The SMILES string of the molecule is CC[C@H](C)NC(=O)[C@H](CC)N(Cc1ccccc1)C(=O)CSCc1cccc(C)c1. The van der Waals surface area contributed by atoms with E-state index in [9.17, 15) is 9.59 Å². The van der Waals surface area contributed by atoms with Crippen molar-refractivity contribution in [1.29, 1.82) is 0 Å². The molecule has 0 unspecified atom stereocenters. The number of hydrogen-bond acceptors (Lipinski definition) is 3. The molecule has 2 aromatic carbocycles. The van der Waals surface area contributed by atoms with Crippen LogP contribution in [0, 0.1) is 6.92 Å². The fourth-order valence-corrected chi connectivity index (χ4v) is 4.14. The lowest BCUT2D eigenvalue weighted by Crippen LogP contribution is -2.51. The predicted molar refractivity (Wildman–Crippen MR) is 126 cm³/mol. The highest BCUT2D eigenvalue weighted by Crippen LogP contribution is 2.18. The first-order valence-corrected chi connectivity index (χ1v) is 11.9. The van der Waals surface area contributed by atoms with Crippen LogP contribution < -0.4 is 5.32 Å². The van der Waals surface area contributed by atoms with Gasteiger partial charge in [-0.25, -0.2) is 0 Å². The quantitative estimate of drug-likeness (QED) is 0.553. The Morgan fingerprint density at radius 1 is 1.00 bits per heavy atom. The van der Waals surface area contributed by atoms with Crippen LogP contribution in [0.15, 0.2) is 54.6 Å². The van der Waals surface area contributed by atoms with Crippen LogP contribution in [0.4, 0.5) is 0 Å². The average Bonchev–Trinajstić information content (AvgIpc) is 2.74. The number of amides is 2. The van der Waals surface area contributed by atoms with Crippen molar-refractivity contribution in [1.82, 2.24) is 10.2 Å². The van der Waals surface area contributed by atoms with Gasteiger partial charge in [0, 0.05) is 18.3 Å². The maximum Gasteiger partial charge on any atom is 0.243 e. The Bertz CT molecular complexity index is 810. The van der Waals surface area contributed by atoms with Gasteiger partial charge in [-0.05, 0) is 37.8 Å². The molecule has 0 spiro atoms. The standard InChI is InChI=1S/C25H34N2O2S/c1-5-20(4)26-25(29)23(6-2)27(16-21-12-8-7-9-13-21)24(28)18-30-17-22-14-10-11-19(3)15-22/h7-15,20,23H,5-6,16-18H2,1-4H3,(H,26,29)/t20-,23-/m0/s1. The van der Waals surface area contributed by atoms with Crippen molar-refractivity contribution in [3.05, 3.63) is 71.3 Å². The largest absolute Gasteiger partial charge is 0.352 e. The first kappa shape index (κ1) is 24.0. The summed E-state index contributed by atoms with van der Waals surface area (Å²) in [5, 5.41) is 3.05. The van der Waals surface area contributed by atoms with Gasteiger partial charge in [0.2, 0.25) is 11.8 Å². The zero-order valence-corrected chi connectivity index (χ0v) is 19.4. The van der Waals surface area contributed by atoms with Crippen LogP contribution in [0.1, 0.15) is 50.3 Å². The second-order valence-corrected chi connectivity index (χ2v) is 8.72. The zero-order valence-electron chi connectivity index (χ0n) is 18.6. The monoisotopic (exact) mass is 426 g/mol. The van der Waals surface area contributed by atoms with Gasteiger partial charge >= 0.3 is 0 Å². The van der Waals surface area contributed by atoms with E-state index in [-0.39, 0.29) is 17.9 Å². The number of aryl methyl sites for hydroxylation is 1. The zero-order chi connectivity index (χ0) is 21.9. The van der Waals surface area contributed by atoms with Crippen LogP contribution >= 0.6 is 11.8 Å². The molecular formula is C25H34N2O2S. The van der Waals surface area contributed by atoms with Crippen molar-refractivity contribution < 1.29 is 9.59 Å². The van der Waals surface area contributed by atoms with E-state index < -0.39 is 6.04 Å². The summed E-state index contributed by atoms with van der Waals surface area (Å²) in [4.78, 5) is 27.8. The topological polar surface area (TPSA) is 49.4 Å². The molecule has 1 N–H and O–H groups in total. The molecule has 2 amide bonds. The molecule has 0 bridgehead atoms. The first-order valence-electron chi connectivity index (χ1n) is 10.7. The number of nitrogens with zero attached hydrogens (tertiary/aromatic N) is 1. The van der Waals surface area contributed by atoms with Crippen LogP contribution in [0.25, 0.3) is 0 Å². The fraction of sp³-hybridized carbons (Fsp3) is 0.440. The number of carbonyl (C=O) groups is 2. The van der Waals surface area contributed by atoms with E-state index in [0.717, 1.165) is 17.7 Å². The summed E-state index contributed by atoms with van der Waals surface area (Å²) in [6.07, 6.45) is 1.45. The van der Waals surface area contributed by atoms with Crippen LogP contribution in [-0.2, 0) is 21.9 Å². The van der Waals surface area contributed by atoms with Crippen molar-refractivity contribution in [3.63, 3.8) is 0 Å². The number of benzene rings is 2. The Balaban J connectivity index is 2.10. The highest BCUT2D eigenvalue weighted by molar-refractivity contribution is 7.99. The minimum Gasteiger partial charge on any atom is -0.352 e. The van der Waals surface area contributed by atoms with Crippen LogP contribution in [0.5, 0.6) is 0 Å².